The van der Waals surface area contributed by atoms with Crippen molar-refractivity contribution in [2.24, 2.45) is 0 Å². The van der Waals surface area contributed by atoms with Gasteiger partial charge in [0.15, 0.2) is 0 Å². The van der Waals surface area contributed by atoms with E-state index in [2.05, 4.69) is 118 Å². The summed E-state index contributed by atoms with van der Waals surface area (Å²) in [6, 6.07) is 33.5. The second kappa shape index (κ2) is 8.74. The van der Waals surface area contributed by atoms with Crippen molar-refractivity contribution < 1.29 is 21.1 Å². The molecule has 8 heteroatoms. The normalized spacial score (nSPS) is 14.3. The summed E-state index contributed by atoms with van der Waals surface area (Å²) in [5.74, 6) is 0. The Bertz CT molecular complexity index is 1720. The van der Waals surface area contributed by atoms with Gasteiger partial charge in [0.2, 0.25) is 0 Å². The number of hydrogen-bond donors (Lipinski definition) is 0. The van der Waals surface area contributed by atoms with Gasteiger partial charge in [-0.05, 0) is 37.3 Å². The Morgan fingerprint density at radius 2 is 1.37 bits per heavy atom. The van der Waals surface area contributed by atoms with Crippen molar-refractivity contribution in [1.82, 2.24) is 19.9 Å². The number of nitrogens with zero attached hydrogens (tertiary/aromatic N) is 6. The monoisotopic (exact) mass is 670 g/mol. The number of hydrogen-bond acceptors (Lipinski definition) is 5. The van der Waals surface area contributed by atoms with E-state index in [0.717, 1.165) is 22.3 Å². The molecule has 3 aliphatic rings. The topological polar surface area (TPSA) is 40.4 Å². The van der Waals surface area contributed by atoms with E-state index < -0.39 is 0 Å². The molecule has 1 aromatic heterocycles. The van der Waals surface area contributed by atoms with Crippen molar-refractivity contribution in [2.75, 3.05) is 16.8 Å². The molecular formula is C30H20BN6Pt-3. The van der Waals surface area contributed by atoms with Crippen molar-refractivity contribution in [2.45, 2.75) is 0 Å². The number of fused-ring (bicyclic) bond motifs is 11. The van der Waals surface area contributed by atoms with Gasteiger partial charge in [-0.2, -0.15) is 41.9 Å². The van der Waals surface area contributed by atoms with Crippen LogP contribution in [0.15, 0.2) is 97.6 Å². The Morgan fingerprint density at radius 3 is 1.97 bits per heavy atom. The van der Waals surface area contributed by atoms with Gasteiger partial charge in [-0.25, -0.2) is 4.68 Å². The van der Waals surface area contributed by atoms with Crippen LogP contribution in [0.3, 0.4) is 0 Å². The molecule has 0 aliphatic carbocycles. The number of para-hydroxylation sites is 2. The van der Waals surface area contributed by atoms with Crippen molar-refractivity contribution in [3.63, 3.8) is 0 Å². The molecule has 0 saturated heterocycles. The Hall–Kier alpha value is -4.09. The standard InChI is InChI=1S/C30H20BN6.Pt/c1-34-16-17-35(20-34)21-10-12-23-25-6-2-4-8-29(25)37-30-9-5-3-7-26(30)24-13-11-22(36-15-14-32-33-36)19-28(24)31(37)27(23)18-21;/h2-17,20H,1H3;/q-3;. The predicted molar refractivity (Wildman–Crippen MR) is 147 cm³/mol. The van der Waals surface area contributed by atoms with E-state index in [9.17, 15) is 0 Å². The van der Waals surface area contributed by atoms with Crippen molar-refractivity contribution >= 4 is 34.8 Å². The molecule has 6 nitrogen and oxygen atoms in total. The van der Waals surface area contributed by atoms with E-state index in [1.165, 1.54) is 33.6 Å². The maximum Gasteiger partial charge on any atom is 0.278 e. The van der Waals surface area contributed by atoms with Crippen LogP contribution >= 0.6 is 0 Å². The van der Waals surface area contributed by atoms with Crippen molar-refractivity contribution in [1.29, 1.82) is 0 Å². The maximum absolute atomic E-state index is 4.23. The summed E-state index contributed by atoms with van der Waals surface area (Å²) in [6.07, 6.45) is 7.65. The van der Waals surface area contributed by atoms with Crippen LogP contribution in [-0.2, 0) is 21.1 Å². The molecule has 5 aromatic rings. The molecule has 186 valence electrons. The van der Waals surface area contributed by atoms with E-state index >= 15 is 0 Å². The van der Waals surface area contributed by atoms with Gasteiger partial charge in [0.1, 0.15) is 0 Å². The number of aromatic nitrogens is 3. The van der Waals surface area contributed by atoms with Crippen LogP contribution in [0.25, 0.3) is 27.9 Å². The first kappa shape index (κ1) is 23.1. The minimum Gasteiger partial charge on any atom is -0.510 e. The molecule has 0 atom stereocenters. The fourth-order valence-electron chi connectivity index (χ4n) is 5.75. The van der Waals surface area contributed by atoms with E-state index in [0.29, 0.717) is 0 Å². The van der Waals surface area contributed by atoms with E-state index in [1.807, 2.05) is 24.3 Å². The summed E-state index contributed by atoms with van der Waals surface area (Å²) in [5, 5.41) is 8.24. The molecule has 4 heterocycles. The summed E-state index contributed by atoms with van der Waals surface area (Å²) in [5.41, 5.74) is 11.3. The first-order valence-corrected chi connectivity index (χ1v) is 12.3. The van der Waals surface area contributed by atoms with Gasteiger partial charge in [0.05, 0.1) is 6.20 Å². The molecule has 0 radical (unpaired) electrons. The SMILES string of the molecule is CN1C=CN(c2[c-]c3c(cc2)-c2ccccc2N2B3c3[c-]c(-n4ccnn4)ccc3-c3ccccc32)[CH-]1.[Pt]. The van der Waals surface area contributed by atoms with Crippen LogP contribution in [0.4, 0.5) is 17.1 Å². The molecule has 8 rings (SSSR count). The van der Waals surface area contributed by atoms with Gasteiger partial charge in [-0.1, -0.05) is 52.7 Å². The van der Waals surface area contributed by atoms with Crippen LogP contribution in [0.2, 0.25) is 0 Å². The van der Waals surface area contributed by atoms with Crippen LogP contribution in [0.1, 0.15) is 0 Å². The zero-order valence-electron chi connectivity index (χ0n) is 20.4. The summed E-state index contributed by atoms with van der Waals surface area (Å²) in [7, 11) is 2.03. The van der Waals surface area contributed by atoms with Gasteiger partial charge < -0.3 is 14.6 Å². The molecule has 4 aromatic carbocycles. The summed E-state index contributed by atoms with van der Waals surface area (Å²) < 4.78 is 1.77. The smallest absolute Gasteiger partial charge is 0.278 e. The van der Waals surface area contributed by atoms with E-state index in [-0.39, 0.29) is 27.9 Å². The molecule has 0 unspecified atom stereocenters. The Labute approximate surface area is 236 Å². The van der Waals surface area contributed by atoms with E-state index in [4.69, 9.17) is 0 Å². The number of benzene rings is 4. The number of anilines is 3. The van der Waals surface area contributed by atoms with Gasteiger partial charge >= 0.3 is 0 Å². The zero-order chi connectivity index (χ0) is 24.5. The third kappa shape index (κ3) is 3.32. The Kier molecular flexibility index (Phi) is 5.31. The average molecular weight is 670 g/mol. The van der Waals surface area contributed by atoms with Crippen LogP contribution < -0.4 is 20.6 Å². The molecule has 0 N–H and O–H groups in total. The third-order valence-corrected chi connectivity index (χ3v) is 7.35. The average Bonchev–Trinajstić information content (AvgIpc) is 3.65. The van der Waals surface area contributed by atoms with Gasteiger partial charge in [0, 0.05) is 38.6 Å². The first-order valence-electron chi connectivity index (χ1n) is 12.3. The Balaban J connectivity index is 0.00000242. The van der Waals surface area contributed by atoms with Gasteiger partial charge in [-0.3, -0.25) is 0 Å². The van der Waals surface area contributed by atoms with Crippen molar-refractivity contribution in [3.05, 3.63) is 116 Å². The minimum absolute atomic E-state index is 0. The molecule has 0 fully saturated rings. The molecule has 0 amide bonds. The minimum atomic E-state index is -0.0949. The maximum atomic E-state index is 4.23. The summed E-state index contributed by atoms with van der Waals surface area (Å²) in [4.78, 5) is 6.60. The molecule has 3 aliphatic heterocycles. The Morgan fingerprint density at radius 1 is 0.737 bits per heavy atom. The summed E-state index contributed by atoms with van der Waals surface area (Å²) in [6.45, 7) is 1.97. The van der Waals surface area contributed by atoms with Crippen LogP contribution in [0, 0.1) is 18.8 Å². The fourth-order valence-corrected chi connectivity index (χ4v) is 5.75. The zero-order valence-corrected chi connectivity index (χ0v) is 22.7. The summed E-state index contributed by atoms with van der Waals surface area (Å²) >= 11 is 0. The second-order valence-electron chi connectivity index (χ2n) is 9.48. The van der Waals surface area contributed by atoms with Crippen LogP contribution in [-0.4, -0.2) is 33.8 Å². The van der Waals surface area contributed by atoms with Gasteiger partial charge in [0.25, 0.3) is 6.85 Å². The quantitative estimate of drug-likeness (QED) is 0.209. The molecule has 0 spiro atoms. The van der Waals surface area contributed by atoms with E-state index in [1.54, 1.807) is 10.9 Å². The fraction of sp³-hybridized carbons (Fsp3) is 0.0333. The van der Waals surface area contributed by atoms with Crippen molar-refractivity contribution in [3.8, 4) is 27.9 Å². The second-order valence-corrected chi connectivity index (χ2v) is 9.48. The van der Waals surface area contributed by atoms with Crippen LogP contribution in [0.5, 0.6) is 0 Å². The molecule has 0 bridgehead atoms. The number of rotatable bonds is 2. The predicted octanol–water partition coefficient (Wildman–Crippen LogP) is 4.11. The molecule has 0 saturated carbocycles. The molecule has 38 heavy (non-hydrogen) atoms. The first-order chi connectivity index (χ1) is 18.3. The van der Waals surface area contributed by atoms with Gasteiger partial charge in [-0.15, -0.1) is 34.0 Å². The molecular weight excluding hydrogens is 650 g/mol. The third-order valence-electron chi connectivity index (χ3n) is 7.35. The largest absolute Gasteiger partial charge is 0.510 e.